The third-order valence-electron chi connectivity index (χ3n) is 4.32. The second-order valence-corrected chi connectivity index (χ2v) is 6.09. The second-order valence-electron chi connectivity index (χ2n) is 5.71. The summed E-state index contributed by atoms with van der Waals surface area (Å²) in [6.07, 6.45) is -6.06. The van der Waals surface area contributed by atoms with Crippen LogP contribution in [0.2, 0.25) is 5.02 Å². The SMILES string of the molecule is Cc1ccc(N2C(=O)N3CC[C@@H](O)[C@H]3[C@H]2C(F)(F)F)c(F)c1Cl. The maximum Gasteiger partial charge on any atom is 0.411 e. The molecule has 2 amide bonds. The number of nitrogens with zero attached hydrogens (tertiary/aromatic N) is 2. The van der Waals surface area contributed by atoms with Gasteiger partial charge in [0.2, 0.25) is 0 Å². The molecule has 2 heterocycles. The van der Waals surface area contributed by atoms with Crippen molar-refractivity contribution in [3.8, 4) is 0 Å². The molecule has 23 heavy (non-hydrogen) atoms. The molecule has 9 heteroatoms. The van der Waals surface area contributed by atoms with E-state index in [1.807, 2.05) is 0 Å². The summed E-state index contributed by atoms with van der Waals surface area (Å²) in [5.41, 5.74) is -0.182. The van der Waals surface area contributed by atoms with Crippen LogP contribution in [-0.4, -0.2) is 46.9 Å². The highest BCUT2D eigenvalue weighted by molar-refractivity contribution is 6.31. The molecule has 2 saturated heterocycles. The van der Waals surface area contributed by atoms with E-state index in [1.54, 1.807) is 0 Å². The van der Waals surface area contributed by atoms with Gasteiger partial charge in [-0.15, -0.1) is 0 Å². The normalized spacial score (nSPS) is 27.8. The van der Waals surface area contributed by atoms with E-state index in [1.165, 1.54) is 13.0 Å². The molecule has 1 aromatic rings. The predicted octanol–water partition coefficient (Wildman–Crippen LogP) is 3.09. The summed E-state index contributed by atoms with van der Waals surface area (Å²) in [5, 5.41) is 9.51. The van der Waals surface area contributed by atoms with Gasteiger partial charge >= 0.3 is 12.2 Å². The summed E-state index contributed by atoms with van der Waals surface area (Å²) < 4.78 is 54.9. The fraction of sp³-hybridized carbons (Fsp3) is 0.500. The van der Waals surface area contributed by atoms with Crippen LogP contribution in [0.5, 0.6) is 0 Å². The number of alkyl halides is 3. The van der Waals surface area contributed by atoms with Crippen LogP contribution >= 0.6 is 11.6 Å². The number of rotatable bonds is 1. The van der Waals surface area contributed by atoms with E-state index in [0.717, 1.165) is 11.0 Å². The number of aryl methyl sites for hydroxylation is 1. The minimum atomic E-state index is -4.82. The number of carbonyl (C=O) groups excluding carboxylic acids is 1. The lowest BCUT2D eigenvalue weighted by atomic mass is 10.0. The molecule has 0 unspecified atom stereocenters. The van der Waals surface area contributed by atoms with Crippen LogP contribution in [0.15, 0.2) is 12.1 Å². The molecule has 3 rings (SSSR count). The zero-order chi connectivity index (χ0) is 17.1. The van der Waals surface area contributed by atoms with Crippen molar-refractivity contribution in [3.63, 3.8) is 0 Å². The Kier molecular flexibility index (Phi) is 3.72. The van der Waals surface area contributed by atoms with Gasteiger partial charge in [-0.3, -0.25) is 4.90 Å². The quantitative estimate of drug-likeness (QED) is 0.789. The van der Waals surface area contributed by atoms with Gasteiger partial charge in [0.05, 0.1) is 22.9 Å². The van der Waals surface area contributed by atoms with Crippen molar-refractivity contribution in [2.45, 2.75) is 37.7 Å². The zero-order valence-electron chi connectivity index (χ0n) is 11.9. The number of aliphatic hydroxyl groups is 1. The van der Waals surface area contributed by atoms with E-state index in [2.05, 4.69) is 0 Å². The number of amides is 2. The van der Waals surface area contributed by atoms with Gasteiger partial charge in [0.1, 0.15) is 0 Å². The topological polar surface area (TPSA) is 43.8 Å². The summed E-state index contributed by atoms with van der Waals surface area (Å²) >= 11 is 5.76. The Hall–Kier alpha value is -1.54. The molecule has 0 radical (unpaired) electrons. The van der Waals surface area contributed by atoms with Gasteiger partial charge in [0, 0.05) is 6.54 Å². The summed E-state index contributed by atoms with van der Waals surface area (Å²) in [7, 11) is 0. The minimum absolute atomic E-state index is 0.00500. The van der Waals surface area contributed by atoms with Crippen LogP contribution in [0, 0.1) is 12.7 Å². The van der Waals surface area contributed by atoms with E-state index in [-0.39, 0.29) is 18.0 Å². The van der Waals surface area contributed by atoms with Crippen LogP contribution in [-0.2, 0) is 0 Å². The molecular formula is C14H13ClF4N2O2. The highest BCUT2D eigenvalue weighted by Crippen LogP contribution is 2.44. The predicted molar refractivity (Wildman–Crippen MR) is 75.0 cm³/mol. The molecule has 0 saturated carbocycles. The van der Waals surface area contributed by atoms with Crippen molar-refractivity contribution >= 4 is 23.3 Å². The molecule has 4 nitrogen and oxygen atoms in total. The number of halogens is 5. The van der Waals surface area contributed by atoms with Gasteiger partial charge in [0.15, 0.2) is 11.9 Å². The summed E-state index contributed by atoms with van der Waals surface area (Å²) in [6, 6.07) is -2.29. The number of benzene rings is 1. The lowest BCUT2D eigenvalue weighted by Crippen LogP contribution is -2.51. The molecule has 126 valence electrons. The van der Waals surface area contributed by atoms with Gasteiger partial charge in [-0.25, -0.2) is 9.18 Å². The molecule has 2 aliphatic rings. The number of anilines is 1. The molecule has 0 aliphatic carbocycles. The average Bonchev–Trinajstić information content (AvgIpc) is 2.96. The lowest BCUT2D eigenvalue weighted by molar-refractivity contribution is -0.156. The maximum absolute atomic E-state index is 14.3. The van der Waals surface area contributed by atoms with Crippen molar-refractivity contribution in [2.75, 3.05) is 11.4 Å². The Morgan fingerprint density at radius 3 is 2.61 bits per heavy atom. The molecule has 2 aliphatic heterocycles. The van der Waals surface area contributed by atoms with E-state index in [9.17, 15) is 27.5 Å². The third-order valence-corrected chi connectivity index (χ3v) is 4.79. The number of fused-ring (bicyclic) bond motifs is 1. The molecule has 0 spiro atoms. The largest absolute Gasteiger partial charge is 0.411 e. The zero-order valence-corrected chi connectivity index (χ0v) is 12.7. The van der Waals surface area contributed by atoms with Crippen LogP contribution < -0.4 is 4.90 Å². The van der Waals surface area contributed by atoms with E-state index < -0.39 is 41.9 Å². The van der Waals surface area contributed by atoms with Crippen molar-refractivity contribution in [3.05, 3.63) is 28.5 Å². The molecular weight excluding hydrogens is 340 g/mol. The first-order valence-electron chi connectivity index (χ1n) is 6.93. The summed E-state index contributed by atoms with van der Waals surface area (Å²) in [6.45, 7) is 1.50. The van der Waals surface area contributed by atoms with Crippen molar-refractivity contribution in [1.82, 2.24) is 4.90 Å². The Bertz CT molecular complexity index is 667. The first kappa shape index (κ1) is 16.3. The number of aliphatic hydroxyl groups excluding tert-OH is 1. The van der Waals surface area contributed by atoms with Crippen LogP contribution in [0.3, 0.4) is 0 Å². The highest BCUT2D eigenvalue weighted by atomic mass is 35.5. The van der Waals surface area contributed by atoms with Gasteiger partial charge < -0.3 is 10.0 Å². The number of carbonyl (C=O) groups is 1. The molecule has 2 fully saturated rings. The van der Waals surface area contributed by atoms with Crippen LogP contribution in [0.4, 0.5) is 28.0 Å². The monoisotopic (exact) mass is 352 g/mol. The fourth-order valence-corrected chi connectivity index (χ4v) is 3.39. The van der Waals surface area contributed by atoms with Crippen LogP contribution in [0.25, 0.3) is 0 Å². The Morgan fingerprint density at radius 2 is 2.00 bits per heavy atom. The minimum Gasteiger partial charge on any atom is -0.391 e. The van der Waals surface area contributed by atoms with Crippen molar-refractivity contribution < 1.29 is 27.5 Å². The van der Waals surface area contributed by atoms with Crippen molar-refractivity contribution in [1.29, 1.82) is 0 Å². The van der Waals surface area contributed by atoms with Gasteiger partial charge in [0.25, 0.3) is 0 Å². The molecule has 3 atom stereocenters. The second kappa shape index (κ2) is 5.24. The third kappa shape index (κ3) is 2.35. The van der Waals surface area contributed by atoms with Gasteiger partial charge in [-0.2, -0.15) is 13.2 Å². The Labute approximate surface area is 134 Å². The van der Waals surface area contributed by atoms with Crippen molar-refractivity contribution in [2.24, 2.45) is 0 Å². The molecule has 1 aromatic carbocycles. The lowest BCUT2D eigenvalue weighted by Gasteiger charge is -2.29. The fourth-order valence-electron chi connectivity index (χ4n) is 3.23. The highest BCUT2D eigenvalue weighted by Gasteiger charge is 2.63. The first-order valence-corrected chi connectivity index (χ1v) is 7.31. The average molecular weight is 353 g/mol. The Morgan fingerprint density at radius 1 is 1.35 bits per heavy atom. The number of hydrogen-bond donors (Lipinski definition) is 1. The van der Waals surface area contributed by atoms with Crippen LogP contribution in [0.1, 0.15) is 12.0 Å². The maximum atomic E-state index is 14.3. The first-order chi connectivity index (χ1) is 10.6. The summed E-state index contributed by atoms with van der Waals surface area (Å²) in [4.78, 5) is 13.7. The summed E-state index contributed by atoms with van der Waals surface area (Å²) in [5.74, 6) is -1.08. The number of hydrogen-bond acceptors (Lipinski definition) is 2. The number of urea groups is 1. The van der Waals surface area contributed by atoms with Gasteiger partial charge in [-0.05, 0) is 25.0 Å². The Balaban J connectivity index is 2.14. The van der Waals surface area contributed by atoms with E-state index in [4.69, 9.17) is 11.6 Å². The standard InChI is InChI=1S/C14H13ClF4N2O2/c1-6-2-3-7(10(16)9(6)15)21-12(14(17,18)19)11-8(22)4-5-20(11)13(21)23/h2-3,8,11-12,22H,4-5H2,1H3/t8-,11+,12+/m1/s1. The van der Waals surface area contributed by atoms with E-state index in [0.29, 0.717) is 10.5 Å². The molecule has 0 bridgehead atoms. The smallest absolute Gasteiger partial charge is 0.391 e. The molecule has 1 N–H and O–H groups in total. The van der Waals surface area contributed by atoms with E-state index >= 15 is 0 Å². The molecule has 0 aromatic heterocycles. The van der Waals surface area contributed by atoms with Gasteiger partial charge in [-0.1, -0.05) is 17.7 Å².